The zero-order valence-electron chi connectivity index (χ0n) is 19.2. The van der Waals surface area contributed by atoms with E-state index in [1.54, 1.807) is 0 Å². The van der Waals surface area contributed by atoms with Crippen molar-refractivity contribution in [3.8, 4) is 0 Å². The van der Waals surface area contributed by atoms with Gasteiger partial charge in [-0.2, -0.15) is 0 Å². The Balaban J connectivity index is 1.64. The van der Waals surface area contributed by atoms with E-state index < -0.39 is 0 Å². The predicted octanol–water partition coefficient (Wildman–Crippen LogP) is 3.58. The summed E-state index contributed by atoms with van der Waals surface area (Å²) >= 11 is 0. The third-order valence-electron chi connectivity index (χ3n) is 8.09. The summed E-state index contributed by atoms with van der Waals surface area (Å²) in [6.07, 6.45) is 9.60. The third kappa shape index (κ3) is 5.15. The van der Waals surface area contributed by atoms with Crippen LogP contribution in [0.5, 0.6) is 0 Å². The van der Waals surface area contributed by atoms with E-state index in [1.165, 1.54) is 32.1 Å². The van der Waals surface area contributed by atoms with Crippen molar-refractivity contribution in [3.05, 3.63) is 0 Å². The highest BCUT2D eigenvalue weighted by molar-refractivity contribution is 5.83. The molecule has 6 atom stereocenters. The number of hydrogen-bond acceptors (Lipinski definition) is 3. The van der Waals surface area contributed by atoms with Gasteiger partial charge in [-0.3, -0.25) is 9.59 Å². The van der Waals surface area contributed by atoms with Crippen molar-refractivity contribution in [2.75, 3.05) is 13.6 Å². The first-order chi connectivity index (χ1) is 13.8. The van der Waals surface area contributed by atoms with Crippen LogP contribution in [0.1, 0.15) is 79.1 Å². The van der Waals surface area contributed by atoms with Crippen molar-refractivity contribution in [3.63, 3.8) is 0 Å². The van der Waals surface area contributed by atoms with Gasteiger partial charge < -0.3 is 15.5 Å². The minimum Gasteiger partial charge on any atom is -0.355 e. The molecule has 3 rings (SSSR count). The van der Waals surface area contributed by atoms with Crippen molar-refractivity contribution < 1.29 is 9.59 Å². The fourth-order valence-electron chi connectivity index (χ4n) is 6.50. The zero-order valence-corrected chi connectivity index (χ0v) is 19.2. The molecule has 2 N–H and O–H groups in total. The number of carbonyl (C=O) groups excluding carboxylic acids is 2. The van der Waals surface area contributed by atoms with Crippen molar-refractivity contribution in [1.82, 2.24) is 15.5 Å². The van der Waals surface area contributed by atoms with E-state index in [2.05, 4.69) is 50.3 Å². The van der Waals surface area contributed by atoms with Crippen molar-refractivity contribution in [2.45, 2.75) is 97.2 Å². The van der Waals surface area contributed by atoms with E-state index in [9.17, 15) is 9.59 Å². The lowest BCUT2D eigenvalue weighted by Gasteiger charge is -2.46. The molecule has 0 aromatic carbocycles. The predicted molar refractivity (Wildman–Crippen MR) is 117 cm³/mol. The largest absolute Gasteiger partial charge is 0.355 e. The summed E-state index contributed by atoms with van der Waals surface area (Å²) in [5, 5.41) is 6.24. The van der Waals surface area contributed by atoms with Crippen LogP contribution in [0.4, 0.5) is 0 Å². The maximum Gasteiger partial charge on any atom is 0.225 e. The van der Waals surface area contributed by atoms with Gasteiger partial charge in [0.25, 0.3) is 0 Å². The summed E-state index contributed by atoms with van der Waals surface area (Å²) in [4.78, 5) is 28.3. The standard InChI is InChI=1S/C24H43N3O2/c1-15(2)22-19(11-8-12-21(22)27(5)18-9-6-7-10-18)23(28)25-14-20-16(3)13-17(4)26-24(20)29/h15-22H,6-14H2,1-5H3,(H,25,28)(H,26,29). The van der Waals surface area contributed by atoms with Crippen LogP contribution in [-0.4, -0.2) is 48.4 Å². The number of hydrogen-bond donors (Lipinski definition) is 2. The summed E-state index contributed by atoms with van der Waals surface area (Å²) in [6, 6.07) is 1.43. The lowest BCUT2D eigenvalue weighted by atomic mass is 9.69. The number of nitrogens with zero attached hydrogens (tertiary/aromatic N) is 1. The molecule has 1 heterocycles. The maximum absolute atomic E-state index is 13.3. The highest BCUT2D eigenvalue weighted by atomic mass is 16.2. The molecule has 0 radical (unpaired) electrons. The van der Waals surface area contributed by atoms with Gasteiger partial charge in [-0.1, -0.05) is 40.0 Å². The quantitative estimate of drug-likeness (QED) is 0.710. The van der Waals surface area contributed by atoms with Gasteiger partial charge in [0.2, 0.25) is 11.8 Å². The number of rotatable bonds is 6. The van der Waals surface area contributed by atoms with E-state index >= 15 is 0 Å². The molecule has 2 amide bonds. The first-order valence-electron chi connectivity index (χ1n) is 12.1. The van der Waals surface area contributed by atoms with Crippen LogP contribution in [-0.2, 0) is 9.59 Å². The lowest BCUT2D eigenvalue weighted by molar-refractivity contribution is -0.133. The molecule has 3 fully saturated rings. The SMILES string of the molecule is CC1CC(C)C(CNC(=O)C2CCCC(N(C)C3CCCC3)C2C(C)C)C(=O)N1. The molecule has 0 bridgehead atoms. The smallest absolute Gasteiger partial charge is 0.225 e. The van der Waals surface area contributed by atoms with Crippen LogP contribution in [0.2, 0.25) is 0 Å². The third-order valence-corrected chi connectivity index (χ3v) is 8.09. The Hall–Kier alpha value is -1.10. The van der Waals surface area contributed by atoms with Gasteiger partial charge in [0.05, 0.1) is 5.92 Å². The second kappa shape index (κ2) is 9.80. The molecule has 1 aliphatic heterocycles. The molecule has 5 nitrogen and oxygen atoms in total. The van der Waals surface area contributed by atoms with Crippen LogP contribution >= 0.6 is 0 Å². The van der Waals surface area contributed by atoms with E-state index in [0.717, 1.165) is 19.3 Å². The first-order valence-corrected chi connectivity index (χ1v) is 12.1. The van der Waals surface area contributed by atoms with Gasteiger partial charge in [-0.05, 0) is 63.8 Å². The molecule has 2 saturated carbocycles. The number of amides is 2. The van der Waals surface area contributed by atoms with Crippen LogP contribution in [0.3, 0.4) is 0 Å². The van der Waals surface area contributed by atoms with Gasteiger partial charge in [0, 0.05) is 30.6 Å². The van der Waals surface area contributed by atoms with Gasteiger partial charge in [-0.25, -0.2) is 0 Å². The number of carbonyl (C=O) groups is 2. The summed E-state index contributed by atoms with van der Waals surface area (Å²) in [5.74, 6) is 1.43. The maximum atomic E-state index is 13.3. The Morgan fingerprint density at radius 1 is 1.14 bits per heavy atom. The van der Waals surface area contributed by atoms with Crippen LogP contribution in [0.15, 0.2) is 0 Å². The fourth-order valence-corrected chi connectivity index (χ4v) is 6.50. The number of nitrogens with one attached hydrogen (secondary N) is 2. The molecule has 1 saturated heterocycles. The molecule has 166 valence electrons. The summed E-state index contributed by atoms with van der Waals surface area (Å²) in [6.45, 7) is 9.23. The van der Waals surface area contributed by atoms with Gasteiger partial charge >= 0.3 is 0 Å². The zero-order chi connectivity index (χ0) is 21.1. The van der Waals surface area contributed by atoms with Gasteiger partial charge in [-0.15, -0.1) is 0 Å². The Labute approximate surface area is 177 Å². The summed E-state index contributed by atoms with van der Waals surface area (Å²) in [7, 11) is 2.30. The molecule has 0 aromatic rings. The highest BCUT2D eigenvalue weighted by Crippen LogP contribution is 2.40. The molecule has 29 heavy (non-hydrogen) atoms. The molecule has 6 unspecified atom stereocenters. The van der Waals surface area contributed by atoms with E-state index in [4.69, 9.17) is 0 Å². The Kier molecular flexibility index (Phi) is 7.63. The molecular weight excluding hydrogens is 362 g/mol. The lowest BCUT2D eigenvalue weighted by Crippen LogP contribution is -2.54. The van der Waals surface area contributed by atoms with E-state index in [-0.39, 0.29) is 29.7 Å². The van der Waals surface area contributed by atoms with Crippen LogP contribution in [0, 0.1) is 29.6 Å². The molecule has 2 aliphatic carbocycles. The monoisotopic (exact) mass is 405 g/mol. The molecular formula is C24H43N3O2. The average molecular weight is 406 g/mol. The Bertz CT molecular complexity index is 572. The Morgan fingerprint density at radius 2 is 1.83 bits per heavy atom. The van der Waals surface area contributed by atoms with Crippen molar-refractivity contribution in [2.24, 2.45) is 29.6 Å². The van der Waals surface area contributed by atoms with Crippen molar-refractivity contribution in [1.29, 1.82) is 0 Å². The topological polar surface area (TPSA) is 61.4 Å². The minimum atomic E-state index is -0.104. The Morgan fingerprint density at radius 3 is 2.45 bits per heavy atom. The molecule has 0 aromatic heterocycles. The molecule has 0 spiro atoms. The molecule has 3 aliphatic rings. The minimum absolute atomic E-state index is 0.0680. The average Bonchev–Trinajstić information content (AvgIpc) is 3.20. The molecule has 5 heteroatoms. The van der Waals surface area contributed by atoms with E-state index in [0.29, 0.717) is 36.4 Å². The summed E-state index contributed by atoms with van der Waals surface area (Å²) < 4.78 is 0. The second-order valence-electron chi connectivity index (χ2n) is 10.5. The first kappa shape index (κ1) is 22.6. The number of piperidine rings is 1. The van der Waals surface area contributed by atoms with Crippen LogP contribution in [0.25, 0.3) is 0 Å². The van der Waals surface area contributed by atoms with E-state index in [1.807, 2.05) is 0 Å². The second-order valence-corrected chi connectivity index (χ2v) is 10.5. The van der Waals surface area contributed by atoms with Gasteiger partial charge in [0.15, 0.2) is 0 Å². The fraction of sp³-hybridized carbons (Fsp3) is 0.917. The van der Waals surface area contributed by atoms with Gasteiger partial charge in [0.1, 0.15) is 0 Å². The summed E-state index contributed by atoms with van der Waals surface area (Å²) in [5.41, 5.74) is 0. The highest BCUT2D eigenvalue weighted by Gasteiger charge is 2.43. The van der Waals surface area contributed by atoms with Crippen molar-refractivity contribution >= 4 is 11.8 Å². The normalized spacial score (nSPS) is 36.4. The van der Waals surface area contributed by atoms with Crippen LogP contribution < -0.4 is 10.6 Å².